The normalized spacial score (nSPS) is 13.4. The van der Waals surface area contributed by atoms with Gasteiger partial charge in [0.15, 0.2) is 11.5 Å². The zero-order chi connectivity index (χ0) is 17.4. The van der Waals surface area contributed by atoms with Crippen LogP contribution in [-0.2, 0) is 13.0 Å². The fraction of sp³-hybridized carbons (Fsp3) is 0.278. The van der Waals surface area contributed by atoms with Crippen LogP contribution in [0.25, 0.3) is 10.4 Å². The Balaban J connectivity index is 1.65. The standard InChI is InChI=1S/C18H16N6S/c1-11-5-15(7-19)22-23-18(11)24-4-3-16-14(10-24)6-13(8-21-16)17-9-20-12(2)25-17/h5-6,8-9H,3-4,10H2,1-2H3. The van der Waals surface area contributed by atoms with Gasteiger partial charge in [-0.25, -0.2) is 4.98 Å². The van der Waals surface area contributed by atoms with Crippen LogP contribution in [0.3, 0.4) is 0 Å². The van der Waals surface area contributed by atoms with Crippen molar-refractivity contribution in [2.45, 2.75) is 26.8 Å². The van der Waals surface area contributed by atoms with E-state index in [1.165, 1.54) is 5.56 Å². The van der Waals surface area contributed by atoms with Crippen molar-refractivity contribution in [1.82, 2.24) is 20.2 Å². The first-order valence-electron chi connectivity index (χ1n) is 8.04. The van der Waals surface area contributed by atoms with Gasteiger partial charge in [-0.2, -0.15) is 5.26 Å². The summed E-state index contributed by atoms with van der Waals surface area (Å²) in [5.41, 5.74) is 4.77. The molecule has 0 saturated carbocycles. The molecule has 25 heavy (non-hydrogen) atoms. The Morgan fingerprint density at radius 2 is 2.04 bits per heavy atom. The average molecular weight is 348 g/mol. The number of fused-ring (bicyclic) bond motifs is 1. The predicted octanol–water partition coefficient (Wildman–Crippen LogP) is 3.05. The summed E-state index contributed by atoms with van der Waals surface area (Å²) in [5, 5.41) is 18.2. The fourth-order valence-corrected chi connectivity index (χ4v) is 3.84. The Kier molecular flexibility index (Phi) is 3.90. The Hall–Kier alpha value is -2.85. The van der Waals surface area contributed by atoms with E-state index in [1.54, 1.807) is 17.4 Å². The molecule has 0 spiro atoms. The lowest BCUT2D eigenvalue weighted by atomic mass is 10.0. The van der Waals surface area contributed by atoms with Crippen molar-refractivity contribution >= 4 is 17.2 Å². The van der Waals surface area contributed by atoms with Crippen molar-refractivity contribution in [2.75, 3.05) is 11.4 Å². The molecule has 0 bridgehead atoms. The summed E-state index contributed by atoms with van der Waals surface area (Å²) in [4.78, 5) is 12.3. The lowest BCUT2D eigenvalue weighted by molar-refractivity contribution is 0.693. The summed E-state index contributed by atoms with van der Waals surface area (Å²) >= 11 is 1.68. The highest BCUT2D eigenvalue weighted by Gasteiger charge is 2.21. The van der Waals surface area contributed by atoms with Crippen LogP contribution in [0, 0.1) is 25.2 Å². The van der Waals surface area contributed by atoms with Gasteiger partial charge < -0.3 is 4.90 Å². The minimum Gasteiger partial charge on any atom is -0.350 e. The van der Waals surface area contributed by atoms with Crippen molar-refractivity contribution in [1.29, 1.82) is 5.26 Å². The topological polar surface area (TPSA) is 78.6 Å². The second-order valence-electron chi connectivity index (χ2n) is 6.09. The van der Waals surface area contributed by atoms with Gasteiger partial charge in [-0.15, -0.1) is 21.5 Å². The maximum Gasteiger partial charge on any atom is 0.163 e. The van der Waals surface area contributed by atoms with Gasteiger partial charge in [-0.1, -0.05) is 0 Å². The van der Waals surface area contributed by atoms with E-state index in [9.17, 15) is 0 Å². The third-order valence-electron chi connectivity index (χ3n) is 4.32. The van der Waals surface area contributed by atoms with Crippen molar-refractivity contribution in [3.63, 3.8) is 0 Å². The molecular weight excluding hydrogens is 332 g/mol. The Labute approximate surface area is 149 Å². The number of aromatic nitrogens is 4. The molecule has 1 aliphatic rings. The molecule has 0 radical (unpaired) electrons. The maximum absolute atomic E-state index is 8.96. The van der Waals surface area contributed by atoms with E-state index in [-0.39, 0.29) is 0 Å². The molecule has 0 aromatic carbocycles. The monoisotopic (exact) mass is 348 g/mol. The minimum absolute atomic E-state index is 0.350. The lowest BCUT2D eigenvalue weighted by Crippen LogP contribution is -2.32. The van der Waals surface area contributed by atoms with Crippen LogP contribution in [0.1, 0.15) is 27.5 Å². The maximum atomic E-state index is 8.96. The molecular formula is C18H16N6S. The highest BCUT2D eigenvalue weighted by atomic mass is 32.1. The van der Waals surface area contributed by atoms with Crippen LogP contribution in [-0.4, -0.2) is 26.7 Å². The van der Waals surface area contributed by atoms with Gasteiger partial charge in [0.05, 0.1) is 9.88 Å². The van der Waals surface area contributed by atoms with Gasteiger partial charge in [-0.3, -0.25) is 4.98 Å². The summed E-state index contributed by atoms with van der Waals surface area (Å²) in [5.74, 6) is 0.837. The Morgan fingerprint density at radius 3 is 2.76 bits per heavy atom. The molecule has 4 heterocycles. The van der Waals surface area contributed by atoms with Gasteiger partial charge in [0, 0.05) is 43.2 Å². The van der Waals surface area contributed by atoms with Gasteiger partial charge >= 0.3 is 0 Å². The SMILES string of the molecule is Cc1ncc(-c2cnc3c(c2)CN(c2nnc(C#N)cc2C)CC3)s1. The van der Waals surface area contributed by atoms with Crippen LogP contribution in [0.5, 0.6) is 0 Å². The Morgan fingerprint density at radius 1 is 1.16 bits per heavy atom. The first kappa shape index (κ1) is 15.7. The smallest absolute Gasteiger partial charge is 0.163 e. The average Bonchev–Trinajstić information content (AvgIpc) is 3.07. The number of hydrogen-bond donors (Lipinski definition) is 0. The van der Waals surface area contributed by atoms with E-state index in [0.717, 1.165) is 52.0 Å². The van der Waals surface area contributed by atoms with E-state index in [1.807, 2.05) is 32.3 Å². The van der Waals surface area contributed by atoms with Crippen LogP contribution >= 0.6 is 11.3 Å². The molecule has 0 atom stereocenters. The van der Waals surface area contributed by atoms with Crippen LogP contribution in [0.4, 0.5) is 5.82 Å². The highest BCUT2D eigenvalue weighted by Crippen LogP contribution is 2.30. The summed E-state index contributed by atoms with van der Waals surface area (Å²) < 4.78 is 0. The van der Waals surface area contributed by atoms with Gasteiger partial charge in [0.2, 0.25) is 0 Å². The summed E-state index contributed by atoms with van der Waals surface area (Å²) in [6.07, 6.45) is 4.72. The summed E-state index contributed by atoms with van der Waals surface area (Å²) in [6, 6.07) is 6.02. The molecule has 0 amide bonds. The van der Waals surface area contributed by atoms with Crippen molar-refractivity contribution < 1.29 is 0 Å². The van der Waals surface area contributed by atoms with Crippen LogP contribution in [0.15, 0.2) is 24.5 Å². The third kappa shape index (κ3) is 2.96. The number of pyridine rings is 1. The lowest BCUT2D eigenvalue weighted by Gasteiger charge is -2.30. The molecule has 0 fully saturated rings. The van der Waals surface area contributed by atoms with E-state index < -0.39 is 0 Å². The molecule has 0 aliphatic carbocycles. The molecule has 7 heteroatoms. The number of thiazole rings is 1. The summed E-state index contributed by atoms with van der Waals surface area (Å²) in [6.45, 7) is 5.57. The summed E-state index contributed by atoms with van der Waals surface area (Å²) in [7, 11) is 0. The zero-order valence-corrected chi connectivity index (χ0v) is 14.8. The van der Waals surface area contributed by atoms with Gasteiger partial charge in [0.1, 0.15) is 6.07 Å². The first-order valence-corrected chi connectivity index (χ1v) is 8.85. The number of hydrogen-bond acceptors (Lipinski definition) is 7. The van der Waals surface area contributed by atoms with E-state index in [0.29, 0.717) is 5.69 Å². The molecule has 6 nitrogen and oxygen atoms in total. The molecule has 1 aliphatic heterocycles. The molecule has 0 N–H and O–H groups in total. The van der Waals surface area contributed by atoms with Crippen molar-refractivity contribution in [3.8, 4) is 16.5 Å². The number of nitrogens with zero attached hydrogens (tertiary/aromatic N) is 6. The zero-order valence-electron chi connectivity index (χ0n) is 14.0. The predicted molar refractivity (Wildman–Crippen MR) is 96.3 cm³/mol. The fourth-order valence-electron chi connectivity index (χ4n) is 3.08. The highest BCUT2D eigenvalue weighted by molar-refractivity contribution is 7.15. The van der Waals surface area contributed by atoms with E-state index in [4.69, 9.17) is 5.26 Å². The molecule has 3 aromatic rings. The second kappa shape index (κ2) is 6.22. The van der Waals surface area contributed by atoms with E-state index >= 15 is 0 Å². The number of nitriles is 1. The molecule has 124 valence electrons. The first-order chi connectivity index (χ1) is 12.1. The van der Waals surface area contributed by atoms with Gasteiger partial charge in [0.25, 0.3) is 0 Å². The molecule has 0 saturated heterocycles. The number of anilines is 1. The van der Waals surface area contributed by atoms with Gasteiger partial charge in [-0.05, 0) is 37.1 Å². The number of aryl methyl sites for hydroxylation is 2. The van der Waals surface area contributed by atoms with E-state index in [2.05, 4.69) is 31.1 Å². The molecule has 0 unspecified atom stereocenters. The van der Waals surface area contributed by atoms with Crippen molar-refractivity contribution in [3.05, 3.63) is 52.0 Å². The second-order valence-corrected chi connectivity index (χ2v) is 7.33. The quantitative estimate of drug-likeness (QED) is 0.708. The Bertz CT molecular complexity index is 987. The van der Waals surface area contributed by atoms with Crippen molar-refractivity contribution in [2.24, 2.45) is 0 Å². The van der Waals surface area contributed by atoms with Crippen LogP contribution < -0.4 is 4.90 Å². The third-order valence-corrected chi connectivity index (χ3v) is 5.28. The number of rotatable bonds is 2. The van der Waals surface area contributed by atoms with Crippen LogP contribution in [0.2, 0.25) is 0 Å². The molecule has 4 rings (SSSR count). The largest absolute Gasteiger partial charge is 0.350 e. The minimum atomic E-state index is 0.350. The molecule has 3 aromatic heterocycles.